The van der Waals surface area contributed by atoms with Gasteiger partial charge in [-0.15, -0.1) is 0 Å². The van der Waals surface area contributed by atoms with E-state index in [0.29, 0.717) is 5.56 Å². The number of anilines is 1. The van der Waals surface area contributed by atoms with Crippen LogP contribution in [0.2, 0.25) is 0 Å². The summed E-state index contributed by atoms with van der Waals surface area (Å²) in [6.45, 7) is -0.0659. The first-order valence-electron chi connectivity index (χ1n) is 9.72. The minimum atomic E-state index is -4.58. The van der Waals surface area contributed by atoms with E-state index in [1.165, 1.54) is 63.9 Å². The average Bonchev–Trinajstić information content (AvgIpc) is 3.36. The third-order valence-electron chi connectivity index (χ3n) is 5.44. The molecule has 0 bridgehead atoms. The molecule has 11 heteroatoms. The van der Waals surface area contributed by atoms with E-state index in [4.69, 9.17) is 0 Å². The lowest BCUT2D eigenvalue weighted by molar-refractivity contribution is -0.137. The number of halogens is 4. The van der Waals surface area contributed by atoms with Gasteiger partial charge in [0.15, 0.2) is 5.03 Å². The van der Waals surface area contributed by atoms with Crippen molar-refractivity contribution < 1.29 is 26.0 Å². The largest absolute Gasteiger partial charge is 0.418 e. The molecule has 1 saturated heterocycles. The number of hydrogen-bond donors (Lipinski definition) is 1. The van der Waals surface area contributed by atoms with Crippen LogP contribution >= 0.6 is 0 Å². The summed E-state index contributed by atoms with van der Waals surface area (Å²) in [6, 6.07) is 9.87. The Balaban J connectivity index is 1.70. The van der Waals surface area contributed by atoms with Crippen LogP contribution in [0.5, 0.6) is 0 Å². The van der Waals surface area contributed by atoms with Gasteiger partial charge in [0.25, 0.3) is 10.0 Å². The van der Waals surface area contributed by atoms with Crippen molar-refractivity contribution in [1.82, 2.24) is 13.9 Å². The molecule has 3 aromatic rings. The molecular weight excluding hydrogens is 448 g/mol. The van der Waals surface area contributed by atoms with Crippen LogP contribution in [-0.4, -0.2) is 41.4 Å². The highest BCUT2D eigenvalue weighted by Crippen LogP contribution is 2.38. The van der Waals surface area contributed by atoms with Crippen LogP contribution < -0.4 is 5.32 Å². The molecule has 0 amide bonds. The second-order valence-corrected chi connectivity index (χ2v) is 9.54. The van der Waals surface area contributed by atoms with Gasteiger partial charge in [0.2, 0.25) is 0 Å². The summed E-state index contributed by atoms with van der Waals surface area (Å²) in [4.78, 5) is 3.91. The van der Waals surface area contributed by atoms with E-state index in [2.05, 4.69) is 10.3 Å². The zero-order valence-electron chi connectivity index (χ0n) is 16.9. The van der Waals surface area contributed by atoms with Gasteiger partial charge in [-0.2, -0.15) is 17.5 Å². The Morgan fingerprint density at radius 1 is 1.06 bits per heavy atom. The number of aromatic nitrogens is 2. The number of nitrogens with one attached hydrogen (secondary N) is 1. The minimum Gasteiger partial charge on any atom is -0.380 e. The van der Waals surface area contributed by atoms with Gasteiger partial charge in [0.1, 0.15) is 5.82 Å². The standard InChI is InChI=1S/C21H20F4N4O2S/c1-28-12-20(26-13-28)32(30,31)29-10-16(14-6-8-15(22)9-7-14)19(11-29)27-18-5-3-2-4-17(18)21(23,24)25/h2-9,12-13,16,19,27H,10-11H2,1H3/t16-,19+/m1/s1. The molecular formula is C21H20F4N4O2S. The van der Waals surface area contributed by atoms with E-state index in [0.717, 1.165) is 6.07 Å². The Kier molecular flexibility index (Phi) is 5.72. The Labute approximate surface area is 182 Å². The molecule has 2 atom stereocenters. The summed E-state index contributed by atoms with van der Waals surface area (Å²) in [7, 11) is -2.33. The summed E-state index contributed by atoms with van der Waals surface area (Å²) in [5.74, 6) is -0.966. The SMILES string of the molecule is Cn1cnc(S(=O)(=O)N2C[C@H](Nc3ccccc3C(F)(F)F)[C@@H](c3ccc(F)cc3)C2)c1. The van der Waals surface area contributed by atoms with Crippen LogP contribution in [0.3, 0.4) is 0 Å². The molecule has 0 saturated carbocycles. The van der Waals surface area contributed by atoms with Crippen LogP contribution in [-0.2, 0) is 23.2 Å². The van der Waals surface area contributed by atoms with E-state index in [1.54, 1.807) is 7.05 Å². The normalized spacial score (nSPS) is 19.9. The molecule has 170 valence electrons. The maximum Gasteiger partial charge on any atom is 0.418 e. The van der Waals surface area contributed by atoms with Crippen LogP contribution in [0.4, 0.5) is 23.2 Å². The van der Waals surface area contributed by atoms with Gasteiger partial charge in [-0.1, -0.05) is 24.3 Å². The van der Waals surface area contributed by atoms with E-state index < -0.39 is 39.5 Å². The molecule has 2 aromatic carbocycles. The van der Waals surface area contributed by atoms with Gasteiger partial charge in [0, 0.05) is 44.0 Å². The molecule has 0 unspecified atom stereocenters. The van der Waals surface area contributed by atoms with E-state index in [1.807, 2.05) is 0 Å². The lowest BCUT2D eigenvalue weighted by Gasteiger charge is -2.23. The van der Waals surface area contributed by atoms with Gasteiger partial charge >= 0.3 is 6.18 Å². The zero-order chi connectivity index (χ0) is 23.1. The highest BCUT2D eigenvalue weighted by Gasteiger charge is 2.42. The molecule has 0 aliphatic carbocycles. The maximum absolute atomic E-state index is 13.5. The topological polar surface area (TPSA) is 67.2 Å². The van der Waals surface area contributed by atoms with Crippen molar-refractivity contribution in [2.75, 3.05) is 18.4 Å². The predicted molar refractivity (Wildman–Crippen MR) is 110 cm³/mol. The predicted octanol–water partition coefficient (Wildman–Crippen LogP) is 3.85. The zero-order valence-corrected chi connectivity index (χ0v) is 17.7. The van der Waals surface area contributed by atoms with Gasteiger partial charge in [0.05, 0.1) is 11.9 Å². The number of sulfonamides is 1. The van der Waals surface area contributed by atoms with Crippen LogP contribution in [0.15, 0.2) is 66.1 Å². The van der Waals surface area contributed by atoms with Gasteiger partial charge in [-0.3, -0.25) is 0 Å². The highest BCUT2D eigenvalue weighted by molar-refractivity contribution is 7.89. The van der Waals surface area contributed by atoms with Crippen LogP contribution in [0.25, 0.3) is 0 Å². The second-order valence-electron chi connectivity index (χ2n) is 7.65. The molecule has 2 heterocycles. The molecule has 32 heavy (non-hydrogen) atoms. The second kappa shape index (κ2) is 8.21. The van der Waals surface area contributed by atoms with Gasteiger partial charge in [-0.05, 0) is 29.8 Å². The summed E-state index contributed by atoms with van der Waals surface area (Å²) >= 11 is 0. The number of para-hydroxylation sites is 1. The molecule has 0 radical (unpaired) electrons. The molecule has 1 aliphatic rings. The Morgan fingerprint density at radius 3 is 2.38 bits per heavy atom. The number of imidazole rings is 1. The van der Waals surface area contributed by atoms with Crippen molar-refractivity contribution in [1.29, 1.82) is 0 Å². The molecule has 0 spiro atoms. The average molecular weight is 468 g/mol. The van der Waals surface area contributed by atoms with Crippen molar-refractivity contribution in [2.24, 2.45) is 7.05 Å². The fourth-order valence-corrected chi connectivity index (χ4v) is 5.33. The first-order chi connectivity index (χ1) is 15.1. The number of aryl methyl sites for hydroxylation is 1. The third kappa shape index (κ3) is 4.35. The lowest BCUT2D eigenvalue weighted by Crippen LogP contribution is -2.32. The number of nitrogens with zero attached hydrogens (tertiary/aromatic N) is 3. The van der Waals surface area contributed by atoms with Crippen LogP contribution in [0, 0.1) is 5.82 Å². The fourth-order valence-electron chi connectivity index (χ4n) is 3.87. The minimum absolute atomic E-state index is 0.0103. The van der Waals surface area contributed by atoms with E-state index >= 15 is 0 Å². The van der Waals surface area contributed by atoms with Gasteiger partial charge in [-0.25, -0.2) is 17.8 Å². The number of alkyl halides is 3. The maximum atomic E-state index is 13.5. The van der Waals surface area contributed by atoms with Crippen LogP contribution in [0.1, 0.15) is 17.0 Å². The van der Waals surface area contributed by atoms with Crippen molar-refractivity contribution in [3.8, 4) is 0 Å². The monoisotopic (exact) mass is 468 g/mol. The smallest absolute Gasteiger partial charge is 0.380 e. The fraction of sp³-hybridized carbons (Fsp3) is 0.286. The number of hydrogen-bond acceptors (Lipinski definition) is 4. The molecule has 1 aromatic heterocycles. The van der Waals surface area contributed by atoms with Crippen molar-refractivity contribution >= 4 is 15.7 Å². The Morgan fingerprint density at radius 2 is 1.75 bits per heavy atom. The quantitative estimate of drug-likeness (QED) is 0.578. The Bertz CT molecular complexity index is 1210. The number of rotatable bonds is 5. The summed E-state index contributed by atoms with van der Waals surface area (Å²) < 4.78 is 82.7. The number of benzene rings is 2. The summed E-state index contributed by atoms with van der Waals surface area (Å²) in [5.41, 5.74) is -0.370. The van der Waals surface area contributed by atoms with Crippen molar-refractivity contribution in [2.45, 2.75) is 23.2 Å². The summed E-state index contributed by atoms with van der Waals surface area (Å²) in [5, 5.41) is 2.75. The lowest BCUT2D eigenvalue weighted by atomic mass is 9.94. The molecule has 1 N–H and O–H groups in total. The first-order valence-corrected chi connectivity index (χ1v) is 11.2. The molecule has 4 rings (SSSR count). The van der Waals surface area contributed by atoms with E-state index in [9.17, 15) is 26.0 Å². The summed E-state index contributed by atoms with van der Waals surface area (Å²) in [6.07, 6.45) is -1.86. The molecule has 1 fully saturated rings. The van der Waals surface area contributed by atoms with Gasteiger partial charge < -0.3 is 9.88 Å². The highest BCUT2D eigenvalue weighted by atomic mass is 32.2. The van der Waals surface area contributed by atoms with Crippen molar-refractivity contribution in [3.05, 3.63) is 78.0 Å². The first kappa shape index (κ1) is 22.3. The Hall–Kier alpha value is -2.92. The van der Waals surface area contributed by atoms with E-state index in [-0.39, 0.29) is 23.8 Å². The third-order valence-corrected chi connectivity index (χ3v) is 7.16. The van der Waals surface area contributed by atoms with Crippen molar-refractivity contribution in [3.63, 3.8) is 0 Å². The molecule has 1 aliphatic heterocycles. The molecule has 6 nitrogen and oxygen atoms in total.